The van der Waals surface area contributed by atoms with Crippen molar-refractivity contribution in [3.05, 3.63) is 35.9 Å². The smallest absolute Gasteiger partial charge is 0.346 e. The first-order chi connectivity index (χ1) is 11.3. The third kappa shape index (κ3) is 2.48. The van der Waals surface area contributed by atoms with Gasteiger partial charge in [0.05, 0.1) is 0 Å². The second-order valence-electron chi connectivity index (χ2n) is 7.09. The highest BCUT2D eigenvalue weighted by atomic mass is 16.8. The van der Waals surface area contributed by atoms with Crippen LogP contribution in [0.5, 0.6) is 0 Å². The maximum absolute atomic E-state index is 13.1. The third-order valence-corrected chi connectivity index (χ3v) is 5.68. The average molecular weight is 315 g/mol. The minimum atomic E-state index is -0.904. The van der Waals surface area contributed by atoms with Gasteiger partial charge in [-0.1, -0.05) is 49.6 Å². The lowest BCUT2D eigenvalue weighted by Gasteiger charge is -2.38. The lowest BCUT2D eigenvalue weighted by atomic mass is 9.73. The van der Waals surface area contributed by atoms with Crippen molar-refractivity contribution in [3.8, 4) is 0 Å². The van der Waals surface area contributed by atoms with Crippen molar-refractivity contribution in [2.45, 2.75) is 56.3 Å². The second kappa shape index (κ2) is 5.91. The van der Waals surface area contributed by atoms with Crippen molar-refractivity contribution in [3.63, 3.8) is 0 Å². The van der Waals surface area contributed by atoms with Crippen LogP contribution in [0.25, 0.3) is 0 Å². The van der Waals surface area contributed by atoms with Gasteiger partial charge >= 0.3 is 5.97 Å². The zero-order valence-electron chi connectivity index (χ0n) is 13.6. The molecule has 0 bridgehead atoms. The molecule has 3 aliphatic rings. The Labute approximate surface area is 137 Å². The Kier molecular flexibility index (Phi) is 3.90. The highest BCUT2D eigenvalue weighted by Gasteiger charge is 2.62. The van der Waals surface area contributed by atoms with Gasteiger partial charge in [0.15, 0.2) is 5.60 Å². The molecule has 0 amide bonds. The number of esters is 1. The summed E-state index contributed by atoms with van der Waals surface area (Å²) in [5, 5.41) is 3.33. The van der Waals surface area contributed by atoms with Crippen molar-refractivity contribution in [2.24, 2.45) is 5.92 Å². The molecular formula is C19H25NO3. The topological polar surface area (TPSA) is 47.6 Å². The Hall–Kier alpha value is -1.39. The van der Waals surface area contributed by atoms with Gasteiger partial charge in [0, 0.05) is 31.8 Å². The van der Waals surface area contributed by atoms with E-state index in [0.29, 0.717) is 0 Å². The third-order valence-electron chi connectivity index (χ3n) is 5.68. The van der Waals surface area contributed by atoms with Gasteiger partial charge in [-0.25, -0.2) is 4.79 Å². The monoisotopic (exact) mass is 315 g/mol. The minimum Gasteiger partial charge on any atom is -0.430 e. The number of benzene rings is 1. The van der Waals surface area contributed by atoms with Crippen molar-refractivity contribution < 1.29 is 14.3 Å². The summed E-state index contributed by atoms with van der Waals surface area (Å²) in [6.45, 7) is 1.67. The number of carbonyl (C=O) groups is 1. The van der Waals surface area contributed by atoms with E-state index in [-0.39, 0.29) is 11.9 Å². The lowest BCUT2D eigenvalue weighted by Crippen LogP contribution is -2.46. The van der Waals surface area contributed by atoms with E-state index in [9.17, 15) is 4.79 Å². The molecule has 1 atom stereocenters. The first-order valence-corrected chi connectivity index (χ1v) is 8.95. The van der Waals surface area contributed by atoms with Gasteiger partial charge in [0.1, 0.15) is 0 Å². The van der Waals surface area contributed by atoms with Crippen LogP contribution in [0.3, 0.4) is 0 Å². The van der Waals surface area contributed by atoms with Gasteiger partial charge in [-0.3, -0.25) is 0 Å². The number of hydrogen-bond donors (Lipinski definition) is 1. The predicted molar refractivity (Wildman–Crippen MR) is 86.7 cm³/mol. The van der Waals surface area contributed by atoms with Crippen molar-refractivity contribution in [2.75, 3.05) is 13.1 Å². The summed E-state index contributed by atoms with van der Waals surface area (Å²) >= 11 is 0. The molecule has 124 valence electrons. The molecule has 2 aliphatic heterocycles. The van der Waals surface area contributed by atoms with Crippen LogP contribution in [0.4, 0.5) is 0 Å². The van der Waals surface area contributed by atoms with E-state index >= 15 is 0 Å². The molecule has 3 fully saturated rings. The molecule has 4 rings (SSSR count). The Morgan fingerprint density at radius 1 is 1.00 bits per heavy atom. The molecule has 2 saturated heterocycles. The van der Waals surface area contributed by atoms with Crippen molar-refractivity contribution >= 4 is 5.97 Å². The fraction of sp³-hybridized carbons (Fsp3) is 0.632. The maximum atomic E-state index is 13.1. The first-order valence-electron chi connectivity index (χ1n) is 8.95. The predicted octanol–water partition coefficient (Wildman–Crippen LogP) is 3.12. The Morgan fingerprint density at radius 3 is 2.39 bits per heavy atom. The molecule has 1 N–H and O–H groups in total. The second-order valence-corrected chi connectivity index (χ2v) is 7.09. The highest BCUT2D eigenvalue weighted by Crippen LogP contribution is 2.51. The molecule has 4 nitrogen and oxygen atoms in total. The van der Waals surface area contributed by atoms with E-state index in [1.54, 1.807) is 0 Å². The van der Waals surface area contributed by atoms with E-state index in [0.717, 1.165) is 44.3 Å². The SMILES string of the molecule is O=C1OC2(CCNCC2)OC1(c1ccccc1)C1CCCCC1. The summed E-state index contributed by atoms with van der Waals surface area (Å²) in [4.78, 5) is 13.1. The van der Waals surface area contributed by atoms with Crippen LogP contribution in [0, 0.1) is 5.92 Å². The average Bonchev–Trinajstić information content (AvgIpc) is 2.90. The Morgan fingerprint density at radius 2 is 1.70 bits per heavy atom. The van der Waals surface area contributed by atoms with Crippen LogP contribution in [-0.4, -0.2) is 24.8 Å². The fourth-order valence-corrected chi connectivity index (χ4v) is 4.47. The van der Waals surface area contributed by atoms with E-state index in [1.165, 1.54) is 19.3 Å². The van der Waals surface area contributed by atoms with E-state index in [2.05, 4.69) is 5.32 Å². The Balaban J connectivity index is 1.75. The molecule has 4 heteroatoms. The quantitative estimate of drug-likeness (QED) is 0.852. The Bertz CT molecular complexity index is 561. The molecule has 0 aromatic heterocycles. The lowest BCUT2D eigenvalue weighted by molar-refractivity contribution is -0.215. The summed E-state index contributed by atoms with van der Waals surface area (Å²) in [7, 11) is 0. The van der Waals surface area contributed by atoms with Gasteiger partial charge < -0.3 is 14.8 Å². The number of rotatable bonds is 2. The molecule has 1 spiro atoms. The van der Waals surface area contributed by atoms with Gasteiger partial charge in [-0.05, 0) is 18.4 Å². The molecule has 1 aromatic rings. The van der Waals surface area contributed by atoms with Crippen LogP contribution in [0.1, 0.15) is 50.5 Å². The van der Waals surface area contributed by atoms with Crippen LogP contribution < -0.4 is 5.32 Å². The summed E-state index contributed by atoms with van der Waals surface area (Å²) in [5.74, 6) is -0.673. The van der Waals surface area contributed by atoms with Crippen LogP contribution in [0.2, 0.25) is 0 Å². The maximum Gasteiger partial charge on any atom is 0.346 e. The van der Waals surface area contributed by atoms with E-state index < -0.39 is 11.4 Å². The molecule has 23 heavy (non-hydrogen) atoms. The molecule has 1 aromatic carbocycles. The zero-order chi connectivity index (χ0) is 15.8. The number of carbonyl (C=O) groups excluding carboxylic acids is 1. The van der Waals surface area contributed by atoms with E-state index in [1.807, 2.05) is 30.3 Å². The minimum absolute atomic E-state index is 0.169. The fourth-order valence-electron chi connectivity index (χ4n) is 4.47. The molecule has 1 unspecified atom stereocenters. The molecular weight excluding hydrogens is 290 g/mol. The summed E-state index contributed by atoms with van der Waals surface area (Å²) in [6.07, 6.45) is 7.15. The number of nitrogens with one attached hydrogen (secondary N) is 1. The highest BCUT2D eigenvalue weighted by molar-refractivity contribution is 5.84. The van der Waals surface area contributed by atoms with Gasteiger partial charge in [-0.2, -0.15) is 0 Å². The molecule has 1 saturated carbocycles. The van der Waals surface area contributed by atoms with Gasteiger partial charge in [0.2, 0.25) is 5.79 Å². The van der Waals surface area contributed by atoms with Crippen molar-refractivity contribution in [1.82, 2.24) is 5.32 Å². The van der Waals surface area contributed by atoms with Crippen LogP contribution in [0.15, 0.2) is 30.3 Å². The number of hydrogen-bond acceptors (Lipinski definition) is 4. The number of piperidine rings is 1. The van der Waals surface area contributed by atoms with Crippen molar-refractivity contribution in [1.29, 1.82) is 0 Å². The van der Waals surface area contributed by atoms with Crippen LogP contribution >= 0.6 is 0 Å². The van der Waals surface area contributed by atoms with E-state index in [4.69, 9.17) is 9.47 Å². The van der Waals surface area contributed by atoms with Gasteiger partial charge in [0.25, 0.3) is 0 Å². The summed E-state index contributed by atoms with van der Waals surface area (Å²) < 4.78 is 12.5. The number of ether oxygens (including phenoxy) is 2. The normalized spacial score (nSPS) is 31.2. The summed E-state index contributed by atoms with van der Waals surface area (Å²) in [6, 6.07) is 10.0. The zero-order valence-corrected chi connectivity index (χ0v) is 13.6. The van der Waals surface area contributed by atoms with Crippen LogP contribution in [-0.2, 0) is 19.9 Å². The largest absolute Gasteiger partial charge is 0.430 e. The molecule has 2 heterocycles. The summed E-state index contributed by atoms with van der Waals surface area (Å²) in [5.41, 5.74) is 0.0613. The standard InChI is InChI=1S/C19H25NO3/c21-17-19(15-7-3-1-4-8-15,16-9-5-2-6-10-16)23-18(22-17)11-13-20-14-12-18/h1,3-4,7-8,16,20H,2,5-6,9-14H2. The first kappa shape index (κ1) is 15.2. The molecule has 1 aliphatic carbocycles. The molecule has 0 radical (unpaired) electrons. The van der Waals surface area contributed by atoms with Gasteiger partial charge in [-0.15, -0.1) is 0 Å².